The fourth-order valence-electron chi connectivity index (χ4n) is 3.74. The van der Waals surface area contributed by atoms with Gasteiger partial charge in [-0.3, -0.25) is 0 Å². The van der Waals surface area contributed by atoms with E-state index in [1.807, 2.05) is 0 Å². The summed E-state index contributed by atoms with van der Waals surface area (Å²) in [6.45, 7) is 2.65. The molecule has 4 rings (SSSR count). The van der Waals surface area contributed by atoms with Gasteiger partial charge in [0.2, 0.25) is 0 Å². The molecule has 3 N–H and O–H groups in total. The molecule has 2 amide bonds. The number of benzene rings is 2. The topological polar surface area (TPSA) is 45.6 Å². The quantitative estimate of drug-likeness (QED) is 0.584. The van der Waals surface area contributed by atoms with Gasteiger partial charge in [0.15, 0.2) is 0 Å². The van der Waals surface area contributed by atoms with Gasteiger partial charge in [-0.1, -0.05) is 41.9 Å². The second-order valence-electron chi connectivity index (χ2n) is 7.01. The second-order valence-corrected chi connectivity index (χ2v) is 8.43. The van der Waals surface area contributed by atoms with Crippen molar-refractivity contribution in [1.29, 1.82) is 0 Å². The fraction of sp³-hybridized carbons (Fsp3) is 0.227. The number of anilines is 1. The van der Waals surface area contributed by atoms with Crippen molar-refractivity contribution >= 4 is 34.7 Å². The highest BCUT2D eigenvalue weighted by Gasteiger charge is 2.29. The highest BCUT2D eigenvalue weighted by molar-refractivity contribution is 7.10. The van der Waals surface area contributed by atoms with Gasteiger partial charge in [0.25, 0.3) is 0 Å². The van der Waals surface area contributed by atoms with E-state index in [0.29, 0.717) is 11.6 Å². The normalized spacial score (nSPS) is 16.8. The fourth-order valence-corrected chi connectivity index (χ4v) is 4.75. The van der Waals surface area contributed by atoms with Crippen LogP contribution < -0.4 is 15.5 Å². The Kier molecular flexibility index (Phi) is 5.95. The first-order chi connectivity index (χ1) is 13.7. The maximum Gasteiger partial charge on any atom is 0.319 e. The summed E-state index contributed by atoms with van der Waals surface area (Å²) in [5.41, 5.74) is 3.59. The second kappa shape index (κ2) is 8.78. The van der Waals surface area contributed by atoms with E-state index >= 15 is 0 Å². The zero-order chi connectivity index (χ0) is 19.3. The number of rotatable bonds is 5. The maximum absolute atomic E-state index is 12.4. The smallest absolute Gasteiger partial charge is 0.319 e. The van der Waals surface area contributed by atoms with Gasteiger partial charge >= 0.3 is 6.03 Å². The van der Waals surface area contributed by atoms with Crippen LogP contribution in [0.2, 0.25) is 5.02 Å². The molecule has 4 nitrogen and oxygen atoms in total. The minimum absolute atomic E-state index is 0.194. The Morgan fingerprint density at radius 3 is 2.61 bits per heavy atom. The number of urea groups is 1. The van der Waals surface area contributed by atoms with Gasteiger partial charge in [0.05, 0.1) is 18.0 Å². The molecule has 0 radical (unpaired) electrons. The first kappa shape index (κ1) is 19.0. The monoisotopic (exact) mass is 412 g/mol. The lowest BCUT2D eigenvalue weighted by molar-refractivity contribution is -0.945. The maximum atomic E-state index is 12.4. The van der Waals surface area contributed by atoms with Crippen molar-refractivity contribution in [3.63, 3.8) is 0 Å². The van der Waals surface area contributed by atoms with E-state index in [1.165, 1.54) is 20.9 Å². The molecule has 28 heavy (non-hydrogen) atoms. The van der Waals surface area contributed by atoms with Gasteiger partial charge in [-0.05, 0) is 41.3 Å². The summed E-state index contributed by atoms with van der Waals surface area (Å²) in [6.07, 6.45) is 1.07. The van der Waals surface area contributed by atoms with Crippen LogP contribution >= 0.6 is 22.9 Å². The van der Waals surface area contributed by atoms with Gasteiger partial charge in [0.1, 0.15) is 12.6 Å². The van der Waals surface area contributed by atoms with Crippen molar-refractivity contribution in [2.45, 2.75) is 19.0 Å². The summed E-state index contributed by atoms with van der Waals surface area (Å²) in [5.74, 6) is 0. The summed E-state index contributed by atoms with van der Waals surface area (Å²) in [7, 11) is 0. The van der Waals surface area contributed by atoms with Crippen LogP contribution in [0, 0.1) is 0 Å². The van der Waals surface area contributed by atoms with Gasteiger partial charge in [0, 0.05) is 22.7 Å². The Morgan fingerprint density at radius 2 is 1.86 bits per heavy atom. The van der Waals surface area contributed by atoms with E-state index in [0.717, 1.165) is 25.2 Å². The predicted octanol–water partition coefficient (Wildman–Crippen LogP) is 3.91. The number of amides is 2. The Hall–Kier alpha value is -2.34. The Labute approximate surface area is 174 Å². The molecule has 1 unspecified atom stereocenters. The van der Waals surface area contributed by atoms with Crippen molar-refractivity contribution in [3.05, 3.63) is 87.1 Å². The molecule has 1 aliphatic heterocycles. The van der Waals surface area contributed by atoms with E-state index in [1.54, 1.807) is 35.6 Å². The van der Waals surface area contributed by atoms with Crippen LogP contribution in [0.5, 0.6) is 0 Å². The van der Waals surface area contributed by atoms with Crippen molar-refractivity contribution in [2.24, 2.45) is 0 Å². The van der Waals surface area contributed by atoms with Crippen LogP contribution in [0.3, 0.4) is 0 Å². The van der Waals surface area contributed by atoms with E-state index in [-0.39, 0.29) is 12.1 Å². The van der Waals surface area contributed by atoms with Gasteiger partial charge < -0.3 is 15.5 Å². The molecule has 0 spiro atoms. The summed E-state index contributed by atoms with van der Waals surface area (Å²) in [6, 6.07) is 20.1. The highest BCUT2D eigenvalue weighted by atomic mass is 35.5. The lowest BCUT2D eigenvalue weighted by Gasteiger charge is -2.32. The molecule has 2 atom stereocenters. The summed E-state index contributed by atoms with van der Waals surface area (Å²) in [5, 5.41) is 8.69. The Bertz CT molecular complexity index is 927. The highest BCUT2D eigenvalue weighted by Crippen LogP contribution is 2.19. The number of fused-ring (bicyclic) bond motifs is 1. The van der Waals surface area contributed by atoms with Crippen LogP contribution in [-0.2, 0) is 13.0 Å². The van der Waals surface area contributed by atoms with Crippen LogP contribution in [0.15, 0.2) is 66.0 Å². The molecule has 0 fully saturated rings. The van der Waals surface area contributed by atoms with Crippen LogP contribution in [0.25, 0.3) is 0 Å². The largest absolute Gasteiger partial charge is 0.331 e. The number of hydrogen-bond acceptors (Lipinski definition) is 2. The number of hydrogen-bond donors (Lipinski definition) is 3. The molecule has 1 aromatic heterocycles. The average molecular weight is 413 g/mol. The summed E-state index contributed by atoms with van der Waals surface area (Å²) < 4.78 is 0. The standard InChI is InChI=1S/C22H22ClN3OS/c23-18-7-9-19(10-8-18)25-22(27)24-14-20(21-6-3-13-28-21)26-12-11-16-4-1-2-5-17(16)15-26/h1-10,13,20H,11-12,14-15H2,(H2,24,25,27)/p+1/t20-/m0/s1. The molecule has 6 heteroatoms. The summed E-state index contributed by atoms with van der Waals surface area (Å²) >= 11 is 7.66. The molecule has 144 valence electrons. The van der Waals surface area contributed by atoms with Gasteiger partial charge in [-0.2, -0.15) is 0 Å². The molecule has 0 saturated heterocycles. The van der Waals surface area contributed by atoms with Crippen molar-refractivity contribution in [3.8, 4) is 0 Å². The predicted molar refractivity (Wildman–Crippen MR) is 115 cm³/mol. The molecule has 2 aromatic carbocycles. The van der Waals surface area contributed by atoms with E-state index in [9.17, 15) is 4.79 Å². The molecule has 1 aliphatic rings. The lowest BCUT2D eigenvalue weighted by atomic mass is 9.98. The number of carbonyl (C=O) groups is 1. The number of nitrogens with one attached hydrogen (secondary N) is 3. The third-order valence-electron chi connectivity index (χ3n) is 5.20. The minimum atomic E-state index is -0.194. The zero-order valence-corrected chi connectivity index (χ0v) is 17.0. The zero-order valence-electron chi connectivity index (χ0n) is 15.5. The number of quaternary nitrogens is 1. The van der Waals surface area contributed by atoms with E-state index in [4.69, 9.17) is 11.6 Å². The van der Waals surface area contributed by atoms with Crippen LogP contribution in [0.1, 0.15) is 22.0 Å². The molecule has 0 bridgehead atoms. The number of halogens is 1. The molecule has 0 aliphatic carbocycles. The Morgan fingerprint density at radius 1 is 1.07 bits per heavy atom. The first-order valence-corrected chi connectivity index (χ1v) is 10.7. The first-order valence-electron chi connectivity index (χ1n) is 9.44. The average Bonchev–Trinajstić information content (AvgIpc) is 3.24. The Balaban J connectivity index is 1.43. The summed E-state index contributed by atoms with van der Waals surface area (Å²) in [4.78, 5) is 15.2. The molecule has 2 heterocycles. The number of carbonyl (C=O) groups excluding carboxylic acids is 1. The third-order valence-corrected chi connectivity index (χ3v) is 6.44. The van der Waals surface area contributed by atoms with Crippen LogP contribution in [0.4, 0.5) is 10.5 Å². The third kappa shape index (κ3) is 4.55. The molecule has 0 saturated carbocycles. The minimum Gasteiger partial charge on any atom is -0.331 e. The number of thiophene rings is 1. The van der Waals surface area contributed by atoms with Crippen molar-refractivity contribution in [2.75, 3.05) is 18.4 Å². The van der Waals surface area contributed by atoms with E-state index in [2.05, 4.69) is 52.4 Å². The van der Waals surface area contributed by atoms with Crippen LogP contribution in [-0.4, -0.2) is 19.1 Å². The molecular weight excluding hydrogens is 390 g/mol. The van der Waals surface area contributed by atoms with E-state index < -0.39 is 0 Å². The van der Waals surface area contributed by atoms with Crippen molar-refractivity contribution in [1.82, 2.24) is 5.32 Å². The SMILES string of the molecule is O=C(NC[C@@H](c1cccs1)[NH+]1CCc2ccccc2C1)Nc1ccc(Cl)cc1. The lowest BCUT2D eigenvalue weighted by Crippen LogP contribution is -3.12. The van der Waals surface area contributed by atoms with Gasteiger partial charge in [-0.15, -0.1) is 11.3 Å². The van der Waals surface area contributed by atoms with Crippen molar-refractivity contribution < 1.29 is 9.69 Å². The van der Waals surface area contributed by atoms with Gasteiger partial charge in [-0.25, -0.2) is 4.79 Å². The molecular formula is C22H23ClN3OS+. The molecule has 3 aromatic rings.